The van der Waals surface area contributed by atoms with Crippen LogP contribution in [0.4, 0.5) is 0 Å². The summed E-state index contributed by atoms with van der Waals surface area (Å²) in [6.07, 6.45) is 8.46. The lowest BCUT2D eigenvalue weighted by Gasteiger charge is -2.40. The number of benzene rings is 2. The first-order valence-corrected chi connectivity index (χ1v) is 11.3. The summed E-state index contributed by atoms with van der Waals surface area (Å²) >= 11 is 0. The monoisotopic (exact) mass is 391 g/mol. The Morgan fingerprint density at radius 2 is 1.59 bits per heavy atom. The van der Waals surface area contributed by atoms with Gasteiger partial charge in [-0.1, -0.05) is 42.8 Å². The Morgan fingerprint density at radius 3 is 2.28 bits per heavy atom. The molecule has 3 fully saturated rings. The third kappa shape index (κ3) is 3.44. The van der Waals surface area contributed by atoms with Crippen molar-refractivity contribution >= 4 is 0 Å². The lowest BCUT2D eigenvalue weighted by atomic mass is 9.83. The van der Waals surface area contributed by atoms with Crippen molar-refractivity contribution in [3.05, 3.63) is 48.0 Å². The van der Waals surface area contributed by atoms with E-state index in [1.165, 1.54) is 62.7 Å². The molecule has 0 N–H and O–H groups in total. The maximum atomic E-state index is 5.74. The highest BCUT2D eigenvalue weighted by molar-refractivity contribution is 5.76. The highest BCUT2D eigenvalue weighted by atomic mass is 16.5. The first-order chi connectivity index (χ1) is 14.3. The molecule has 0 aromatic heterocycles. The molecule has 3 nitrogen and oxygen atoms in total. The lowest BCUT2D eigenvalue weighted by molar-refractivity contribution is 0.111. The van der Waals surface area contributed by atoms with Gasteiger partial charge in [0.15, 0.2) is 11.5 Å². The maximum absolute atomic E-state index is 5.74. The summed E-state index contributed by atoms with van der Waals surface area (Å²) in [5, 5.41) is 0. The summed E-state index contributed by atoms with van der Waals surface area (Å²) in [5.41, 5.74) is 3.89. The minimum Gasteiger partial charge on any atom is -0.493 e. The fourth-order valence-electron chi connectivity index (χ4n) is 6.40. The van der Waals surface area contributed by atoms with Crippen molar-refractivity contribution < 1.29 is 9.47 Å². The van der Waals surface area contributed by atoms with Crippen LogP contribution in [0.1, 0.15) is 50.0 Å². The molecule has 154 valence electrons. The largest absolute Gasteiger partial charge is 0.493 e. The molecule has 1 heterocycles. The molecular weight excluding hydrogens is 358 g/mol. The van der Waals surface area contributed by atoms with Crippen molar-refractivity contribution in [1.29, 1.82) is 0 Å². The van der Waals surface area contributed by atoms with Gasteiger partial charge in [0.2, 0.25) is 0 Å². The van der Waals surface area contributed by atoms with Gasteiger partial charge in [-0.15, -0.1) is 0 Å². The standard InChI is InChI=1S/C26H33NO2/c1-28-25-9-5-8-23(26(25)29-2)22-7-4-3-6-21(22)19-12-14-27(15-13-19)24-17-18-10-11-20(24)16-18/h3-9,18-20,24H,10-17H2,1-2H3/t18-,20?,24-/m0/s1. The molecular formula is C26H33NO2. The molecule has 1 unspecified atom stereocenters. The van der Waals surface area contributed by atoms with Crippen molar-refractivity contribution in [3.8, 4) is 22.6 Å². The molecule has 0 amide bonds. The molecule has 5 rings (SSSR count). The van der Waals surface area contributed by atoms with Gasteiger partial charge < -0.3 is 14.4 Å². The number of piperidine rings is 1. The van der Waals surface area contributed by atoms with Crippen molar-refractivity contribution in [2.24, 2.45) is 11.8 Å². The number of methoxy groups -OCH3 is 2. The Balaban J connectivity index is 1.37. The molecule has 2 aromatic rings. The number of hydrogen-bond donors (Lipinski definition) is 0. The van der Waals surface area contributed by atoms with Crippen LogP contribution in [0.2, 0.25) is 0 Å². The van der Waals surface area contributed by atoms with E-state index >= 15 is 0 Å². The molecule has 2 aromatic carbocycles. The summed E-state index contributed by atoms with van der Waals surface area (Å²) < 4.78 is 11.3. The summed E-state index contributed by atoms with van der Waals surface area (Å²) in [6, 6.07) is 16.0. The molecule has 1 aliphatic heterocycles. The highest BCUT2D eigenvalue weighted by Gasteiger charge is 2.43. The van der Waals surface area contributed by atoms with Gasteiger partial charge in [-0.05, 0) is 80.1 Å². The first-order valence-electron chi connectivity index (χ1n) is 11.3. The minimum absolute atomic E-state index is 0.622. The highest BCUT2D eigenvalue weighted by Crippen LogP contribution is 2.48. The zero-order valence-corrected chi connectivity index (χ0v) is 17.8. The molecule has 3 heteroatoms. The Bertz CT molecular complexity index is 856. The van der Waals surface area contributed by atoms with Crippen LogP contribution < -0.4 is 9.47 Å². The van der Waals surface area contributed by atoms with Gasteiger partial charge in [-0.25, -0.2) is 0 Å². The van der Waals surface area contributed by atoms with E-state index in [2.05, 4.69) is 41.3 Å². The van der Waals surface area contributed by atoms with Gasteiger partial charge in [0, 0.05) is 11.6 Å². The van der Waals surface area contributed by atoms with Crippen LogP contribution >= 0.6 is 0 Å². The van der Waals surface area contributed by atoms with Crippen molar-refractivity contribution in [2.45, 2.75) is 50.5 Å². The van der Waals surface area contributed by atoms with Crippen LogP contribution in [0.15, 0.2) is 42.5 Å². The van der Waals surface area contributed by atoms with Gasteiger partial charge in [0.25, 0.3) is 0 Å². The van der Waals surface area contributed by atoms with Gasteiger partial charge in [-0.3, -0.25) is 0 Å². The van der Waals surface area contributed by atoms with Crippen LogP contribution in [-0.2, 0) is 0 Å². The van der Waals surface area contributed by atoms with Crippen LogP contribution in [0.25, 0.3) is 11.1 Å². The molecule has 3 atom stereocenters. The van der Waals surface area contributed by atoms with E-state index in [0.717, 1.165) is 34.9 Å². The molecule has 2 bridgehead atoms. The van der Waals surface area contributed by atoms with E-state index in [1.54, 1.807) is 14.2 Å². The number of likely N-dealkylation sites (tertiary alicyclic amines) is 1. The topological polar surface area (TPSA) is 21.7 Å². The van der Waals surface area contributed by atoms with Crippen LogP contribution in [0.5, 0.6) is 11.5 Å². The number of hydrogen-bond acceptors (Lipinski definition) is 3. The zero-order chi connectivity index (χ0) is 19.8. The van der Waals surface area contributed by atoms with E-state index in [4.69, 9.17) is 9.47 Å². The van der Waals surface area contributed by atoms with Crippen LogP contribution in [0.3, 0.4) is 0 Å². The molecule has 2 saturated carbocycles. The summed E-state index contributed by atoms with van der Waals surface area (Å²) in [6.45, 7) is 2.50. The molecule has 0 radical (unpaired) electrons. The van der Waals surface area contributed by atoms with Crippen molar-refractivity contribution in [2.75, 3.05) is 27.3 Å². The zero-order valence-electron chi connectivity index (χ0n) is 17.8. The third-order valence-electron chi connectivity index (χ3n) is 7.79. The Labute approximate surface area is 175 Å². The summed E-state index contributed by atoms with van der Waals surface area (Å²) in [4.78, 5) is 2.83. The quantitative estimate of drug-likeness (QED) is 0.649. The minimum atomic E-state index is 0.622. The molecule has 3 aliphatic rings. The van der Waals surface area contributed by atoms with Gasteiger partial charge in [-0.2, -0.15) is 0 Å². The number of fused-ring (bicyclic) bond motifs is 2. The van der Waals surface area contributed by atoms with Crippen molar-refractivity contribution in [3.63, 3.8) is 0 Å². The third-order valence-corrected chi connectivity index (χ3v) is 7.79. The summed E-state index contributed by atoms with van der Waals surface area (Å²) in [5.74, 6) is 4.28. The molecule has 1 saturated heterocycles. The predicted molar refractivity (Wildman–Crippen MR) is 118 cm³/mol. The van der Waals surface area contributed by atoms with Crippen LogP contribution in [0, 0.1) is 11.8 Å². The summed E-state index contributed by atoms with van der Waals surface area (Å²) in [7, 11) is 3.44. The van der Waals surface area contributed by atoms with E-state index in [9.17, 15) is 0 Å². The molecule has 2 aliphatic carbocycles. The Kier molecular flexibility index (Phi) is 5.26. The van der Waals surface area contributed by atoms with Gasteiger partial charge in [0.1, 0.15) is 0 Å². The second kappa shape index (κ2) is 8.02. The SMILES string of the molecule is COc1cccc(-c2ccccc2C2CCN([C@H]3C[C@H]4CCC3C4)CC2)c1OC. The average Bonchev–Trinajstić information content (AvgIpc) is 3.42. The Morgan fingerprint density at radius 1 is 0.793 bits per heavy atom. The molecule has 0 spiro atoms. The fraction of sp³-hybridized carbons (Fsp3) is 0.538. The maximum Gasteiger partial charge on any atom is 0.168 e. The normalized spacial score (nSPS) is 27.3. The second-order valence-corrected chi connectivity index (χ2v) is 9.18. The van der Waals surface area contributed by atoms with Gasteiger partial charge >= 0.3 is 0 Å². The Hall–Kier alpha value is -2.00. The fourth-order valence-corrected chi connectivity index (χ4v) is 6.40. The molecule has 29 heavy (non-hydrogen) atoms. The smallest absolute Gasteiger partial charge is 0.168 e. The average molecular weight is 392 g/mol. The van der Waals surface area contributed by atoms with Crippen LogP contribution in [-0.4, -0.2) is 38.3 Å². The number of rotatable bonds is 5. The first kappa shape index (κ1) is 19.0. The van der Waals surface area contributed by atoms with E-state index < -0.39 is 0 Å². The number of ether oxygens (including phenoxy) is 2. The van der Waals surface area contributed by atoms with E-state index in [0.29, 0.717) is 5.92 Å². The van der Waals surface area contributed by atoms with E-state index in [1.807, 2.05) is 6.07 Å². The second-order valence-electron chi connectivity index (χ2n) is 9.18. The van der Waals surface area contributed by atoms with Gasteiger partial charge in [0.05, 0.1) is 14.2 Å². The van der Waals surface area contributed by atoms with E-state index in [-0.39, 0.29) is 0 Å². The lowest BCUT2D eigenvalue weighted by Crippen LogP contribution is -2.43. The van der Waals surface area contributed by atoms with Crippen molar-refractivity contribution in [1.82, 2.24) is 4.90 Å². The number of nitrogens with zero attached hydrogens (tertiary/aromatic N) is 1. The number of para-hydroxylation sites is 1. The predicted octanol–water partition coefficient (Wildman–Crippen LogP) is 5.74.